The molecule has 0 N–H and O–H groups in total. The van der Waals surface area contributed by atoms with E-state index in [9.17, 15) is 18.4 Å². The molecule has 0 radical (unpaired) electrons. The van der Waals surface area contributed by atoms with Gasteiger partial charge in [-0.25, -0.2) is 9.59 Å². The third kappa shape index (κ3) is 4.54. The lowest BCUT2D eigenvalue weighted by atomic mass is 10.3. The quantitative estimate of drug-likeness (QED) is 0.573. The van der Waals surface area contributed by atoms with Crippen molar-refractivity contribution in [3.8, 4) is 0 Å². The molecule has 0 spiro atoms. The van der Waals surface area contributed by atoms with Crippen LogP contribution in [0.3, 0.4) is 0 Å². The van der Waals surface area contributed by atoms with Gasteiger partial charge in [0.1, 0.15) is 13.2 Å². The van der Waals surface area contributed by atoms with Crippen LogP contribution in [0.2, 0.25) is 0 Å². The first-order chi connectivity index (χ1) is 8.11. The fourth-order valence-corrected chi connectivity index (χ4v) is 0.911. The van der Waals surface area contributed by atoms with Gasteiger partial charge < -0.3 is 9.47 Å². The van der Waals surface area contributed by atoms with Crippen molar-refractivity contribution in [1.29, 1.82) is 0 Å². The van der Waals surface area contributed by atoms with Crippen molar-refractivity contribution < 1.29 is 27.8 Å². The van der Waals surface area contributed by atoms with Crippen LogP contribution in [0.25, 0.3) is 0 Å². The summed E-state index contributed by atoms with van der Waals surface area (Å²) in [7, 11) is 0. The van der Waals surface area contributed by atoms with Crippen LogP contribution < -0.4 is 0 Å². The SMILES string of the molecule is O=C(OCCOC(=O)C(F)F)c1ccncc1. The van der Waals surface area contributed by atoms with Gasteiger partial charge in [-0.1, -0.05) is 0 Å². The molecule has 5 nitrogen and oxygen atoms in total. The van der Waals surface area contributed by atoms with Gasteiger partial charge in [0.25, 0.3) is 0 Å². The monoisotopic (exact) mass is 245 g/mol. The number of aromatic nitrogens is 1. The van der Waals surface area contributed by atoms with Gasteiger partial charge in [-0.3, -0.25) is 4.98 Å². The van der Waals surface area contributed by atoms with E-state index in [2.05, 4.69) is 14.5 Å². The molecule has 0 saturated carbocycles. The van der Waals surface area contributed by atoms with Crippen molar-refractivity contribution in [3.63, 3.8) is 0 Å². The Labute approximate surface area is 95.4 Å². The molecular formula is C10H9F2NO4. The van der Waals surface area contributed by atoms with Crippen molar-refractivity contribution in [2.24, 2.45) is 0 Å². The molecule has 1 aromatic heterocycles. The molecule has 0 aliphatic carbocycles. The number of halogens is 2. The van der Waals surface area contributed by atoms with Crippen LogP contribution in [0.1, 0.15) is 10.4 Å². The third-order valence-electron chi connectivity index (χ3n) is 1.66. The number of nitrogens with zero attached hydrogens (tertiary/aromatic N) is 1. The maximum absolute atomic E-state index is 11.7. The Morgan fingerprint density at radius 3 is 2.35 bits per heavy atom. The summed E-state index contributed by atoms with van der Waals surface area (Å²) < 4.78 is 32.2. The van der Waals surface area contributed by atoms with Gasteiger partial charge in [0.15, 0.2) is 0 Å². The van der Waals surface area contributed by atoms with Gasteiger partial charge in [0, 0.05) is 12.4 Å². The molecular weight excluding hydrogens is 236 g/mol. The van der Waals surface area contributed by atoms with E-state index in [0.29, 0.717) is 0 Å². The first-order valence-corrected chi connectivity index (χ1v) is 4.63. The topological polar surface area (TPSA) is 65.5 Å². The molecule has 1 heterocycles. The number of pyridine rings is 1. The lowest BCUT2D eigenvalue weighted by molar-refractivity contribution is -0.157. The van der Waals surface area contributed by atoms with E-state index in [1.807, 2.05) is 0 Å². The highest BCUT2D eigenvalue weighted by Crippen LogP contribution is 2.00. The predicted molar refractivity (Wildman–Crippen MR) is 51.5 cm³/mol. The molecule has 17 heavy (non-hydrogen) atoms. The second kappa shape index (κ2) is 6.51. The first kappa shape index (κ1) is 13.0. The molecule has 0 aliphatic rings. The number of ether oxygens (including phenoxy) is 2. The zero-order chi connectivity index (χ0) is 12.7. The predicted octanol–water partition coefficient (Wildman–Crippen LogP) is 1.05. The van der Waals surface area contributed by atoms with Crippen molar-refractivity contribution in [2.45, 2.75) is 6.43 Å². The Balaban J connectivity index is 2.24. The lowest BCUT2D eigenvalue weighted by Gasteiger charge is -2.05. The maximum atomic E-state index is 11.7. The van der Waals surface area contributed by atoms with Crippen molar-refractivity contribution in [2.75, 3.05) is 13.2 Å². The number of alkyl halides is 2. The summed E-state index contributed by atoms with van der Waals surface area (Å²) in [6.07, 6.45) is -0.355. The number of rotatable bonds is 5. The molecule has 92 valence electrons. The number of hydrogen-bond acceptors (Lipinski definition) is 5. The van der Waals surface area contributed by atoms with Gasteiger partial charge in [0.05, 0.1) is 5.56 Å². The Morgan fingerprint density at radius 1 is 1.18 bits per heavy atom. The number of carbonyl (C=O) groups is 2. The van der Waals surface area contributed by atoms with Crippen molar-refractivity contribution in [3.05, 3.63) is 30.1 Å². The Kier molecular flexibility index (Phi) is 4.99. The summed E-state index contributed by atoms with van der Waals surface area (Å²) in [4.78, 5) is 25.3. The third-order valence-corrected chi connectivity index (χ3v) is 1.66. The summed E-state index contributed by atoms with van der Waals surface area (Å²) >= 11 is 0. The maximum Gasteiger partial charge on any atom is 0.373 e. The van der Waals surface area contributed by atoms with E-state index < -0.39 is 25.0 Å². The Morgan fingerprint density at radius 2 is 1.76 bits per heavy atom. The molecule has 0 aromatic carbocycles. The fraction of sp³-hybridized carbons (Fsp3) is 0.300. The number of carbonyl (C=O) groups excluding carboxylic acids is 2. The van der Waals surface area contributed by atoms with Crippen LogP contribution in [0.5, 0.6) is 0 Å². The zero-order valence-corrected chi connectivity index (χ0v) is 8.64. The van der Waals surface area contributed by atoms with Gasteiger partial charge in [-0.2, -0.15) is 8.78 Å². The minimum absolute atomic E-state index is 0.278. The smallest absolute Gasteiger partial charge is 0.373 e. The molecule has 0 fully saturated rings. The fourth-order valence-electron chi connectivity index (χ4n) is 0.911. The van der Waals surface area contributed by atoms with Crippen LogP contribution in [0.15, 0.2) is 24.5 Å². The van der Waals surface area contributed by atoms with Gasteiger partial charge >= 0.3 is 18.4 Å². The van der Waals surface area contributed by atoms with Gasteiger partial charge in [-0.05, 0) is 12.1 Å². The van der Waals surface area contributed by atoms with E-state index in [4.69, 9.17) is 0 Å². The number of hydrogen-bond donors (Lipinski definition) is 0. The highest BCUT2D eigenvalue weighted by molar-refractivity contribution is 5.89. The van der Waals surface area contributed by atoms with Crippen LogP contribution in [-0.4, -0.2) is 36.6 Å². The van der Waals surface area contributed by atoms with E-state index >= 15 is 0 Å². The lowest BCUT2D eigenvalue weighted by Crippen LogP contribution is -2.18. The van der Waals surface area contributed by atoms with Crippen LogP contribution in [0, 0.1) is 0 Å². The van der Waals surface area contributed by atoms with E-state index in [1.54, 1.807) is 0 Å². The first-order valence-electron chi connectivity index (χ1n) is 4.63. The summed E-state index contributed by atoms with van der Waals surface area (Å²) in [5, 5.41) is 0. The van der Waals surface area contributed by atoms with E-state index in [1.165, 1.54) is 24.5 Å². The molecule has 0 aliphatic heterocycles. The highest BCUT2D eigenvalue weighted by atomic mass is 19.3. The summed E-state index contributed by atoms with van der Waals surface area (Å²) in [6, 6.07) is 2.88. The van der Waals surface area contributed by atoms with E-state index in [0.717, 1.165) is 0 Å². The van der Waals surface area contributed by atoms with Crippen LogP contribution in [0.4, 0.5) is 8.78 Å². The average molecular weight is 245 g/mol. The molecule has 0 bridgehead atoms. The molecule has 1 aromatic rings. The molecule has 1 rings (SSSR count). The Hall–Kier alpha value is -2.05. The summed E-state index contributed by atoms with van der Waals surface area (Å²) in [5.74, 6) is -2.27. The minimum atomic E-state index is -3.18. The van der Waals surface area contributed by atoms with E-state index in [-0.39, 0.29) is 12.2 Å². The minimum Gasteiger partial charge on any atom is -0.458 e. The molecule has 0 saturated heterocycles. The summed E-state index contributed by atoms with van der Waals surface area (Å²) in [6.45, 7) is -0.681. The second-order valence-corrected chi connectivity index (χ2v) is 2.84. The van der Waals surface area contributed by atoms with Crippen LogP contribution >= 0.6 is 0 Å². The molecule has 0 amide bonds. The van der Waals surface area contributed by atoms with Crippen LogP contribution in [-0.2, 0) is 14.3 Å². The normalized spacial score (nSPS) is 10.1. The second-order valence-electron chi connectivity index (χ2n) is 2.84. The Bertz CT molecular complexity index is 383. The molecule has 0 atom stereocenters. The standard InChI is InChI=1S/C10H9F2NO4/c11-8(12)10(15)17-6-5-16-9(14)7-1-3-13-4-2-7/h1-4,8H,5-6H2. The van der Waals surface area contributed by atoms with Gasteiger partial charge in [-0.15, -0.1) is 0 Å². The largest absolute Gasteiger partial charge is 0.458 e. The zero-order valence-electron chi connectivity index (χ0n) is 8.64. The van der Waals surface area contributed by atoms with Gasteiger partial charge in [0.2, 0.25) is 0 Å². The number of esters is 2. The highest BCUT2D eigenvalue weighted by Gasteiger charge is 2.16. The van der Waals surface area contributed by atoms with Crippen molar-refractivity contribution >= 4 is 11.9 Å². The molecule has 7 heteroatoms. The molecule has 0 unspecified atom stereocenters. The average Bonchev–Trinajstić information content (AvgIpc) is 2.35. The summed E-state index contributed by atoms with van der Waals surface area (Å²) in [5.41, 5.74) is 0.278. The van der Waals surface area contributed by atoms with Crippen molar-refractivity contribution in [1.82, 2.24) is 4.98 Å².